The molecule has 0 aliphatic carbocycles. The SMILES string of the molecule is CN(c1ccccc1S)S(=O)(=O)Cc1ccccc1. The van der Waals surface area contributed by atoms with E-state index in [9.17, 15) is 8.42 Å². The average molecular weight is 293 g/mol. The fourth-order valence-electron chi connectivity index (χ4n) is 1.76. The molecule has 0 fully saturated rings. The maximum Gasteiger partial charge on any atom is 0.239 e. The Hall–Kier alpha value is -1.46. The van der Waals surface area contributed by atoms with Crippen molar-refractivity contribution in [3.63, 3.8) is 0 Å². The van der Waals surface area contributed by atoms with Gasteiger partial charge in [-0.15, -0.1) is 12.6 Å². The maximum atomic E-state index is 12.3. The van der Waals surface area contributed by atoms with Crippen molar-refractivity contribution in [2.45, 2.75) is 10.6 Å². The second kappa shape index (κ2) is 5.67. The zero-order chi connectivity index (χ0) is 13.9. The number of nitrogens with zero attached hydrogens (tertiary/aromatic N) is 1. The predicted molar refractivity (Wildman–Crippen MR) is 81.2 cm³/mol. The van der Waals surface area contributed by atoms with Crippen molar-refractivity contribution in [3.8, 4) is 0 Å². The first kappa shape index (κ1) is 14.0. The summed E-state index contributed by atoms with van der Waals surface area (Å²) in [5, 5.41) is 0. The van der Waals surface area contributed by atoms with Crippen LogP contribution in [0.15, 0.2) is 59.5 Å². The van der Waals surface area contributed by atoms with Gasteiger partial charge in [0.2, 0.25) is 10.0 Å². The predicted octanol–water partition coefficient (Wildman–Crippen LogP) is 2.94. The molecule has 0 atom stereocenters. The third-order valence-electron chi connectivity index (χ3n) is 2.83. The Balaban J connectivity index is 2.28. The molecular formula is C14H15NO2S2. The number of hydrogen-bond donors (Lipinski definition) is 1. The van der Waals surface area contributed by atoms with Crippen molar-refractivity contribution in [1.29, 1.82) is 0 Å². The molecule has 0 saturated carbocycles. The Morgan fingerprint density at radius 3 is 2.21 bits per heavy atom. The molecule has 2 aromatic carbocycles. The molecule has 0 N–H and O–H groups in total. The summed E-state index contributed by atoms with van der Waals surface area (Å²) in [6, 6.07) is 16.3. The molecule has 0 bridgehead atoms. The Kier molecular flexibility index (Phi) is 4.17. The van der Waals surface area contributed by atoms with Gasteiger partial charge in [0, 0.05) is 11.9 Å². The Labute approximate surface area is 119 Å². The van der Waals surface area contributed by atoms with Crippen LogP contribution >= 0.6 is 12.6 Å². The molecule has 2 aromatic rings. The van der Waals surface area contributed by atoms with E-state index in [0.717, 1.165) is 5.56 Å². The lowest BCUT2D eigenvalue weighted by atomic mass is 10.2. The lowest BCUT2D eigenvalue weighted by Crippen LogP contribution is -2.28. The molecule has 5 heteroatoms. The van der Waals surface area contributed by atoms with Gasteiger partial charge < -0.3 is 0 Å². The number of benzene rings is 2. The number of rotatable bonds is 4. The van der Waals surface area contributed by atoms with E-state index in [4.69, 9.17) is 0 Å². The molecule has 0 heterocycles. The monoisotopic (exact) mass is 293 g/mol. The quantitative estimate of drug-likeness (QED) is 0.880. The molecule has 0 aliphatic rings. The number of anilines is 1. The van der Waals surface area contributed by atoms with Crippen LogP contribution in [0.1, 0.15) is 5.56 Å². The number of sulfonamides is 1. The minimum absolute atomic E-state index is 0.0214. The van der Waals surface area contributed by atoms with Gasteiger partial charge in [-0.3, -0.25) is 4.31 Å². The molecular weight excluding hydrogens is 278 g/mol. The van der Waals surface area contributed by atoms with Gasteiger partial charge in [0.15, 0.2) is 0 Å². The number of hydrogen-bond acceptors (Lipinski definition) is 3. The minimum Gasteiger partial charge on any atom is -0.272 e. The molecule has 0 aromatic heterocycles. The topological polar surface area (TPSA) is 37.4 Å². The van der Waals surface area contributed by atoms with Crippen molar-refractivity contribution in [3.05, 3.63) is 60.2 Å². The smallest absolute Gasteiger partial charge is 0.239 e. The van der Waals surface area contributed by atoms with Gasteiger partial charge in [0.05, 0.1) is 11.4 Å². The largest absolute Gasteiger partial charge is 0.272 e. The lowest BCUT2D eigenvalue weighted by Gasteiger charge is -2.20. The van der Waals surface area contributed by atoms with E-state index in [0.29, 0.717) is 10.6 Å². The van der Waals surface area contributed by atoms with Crippen LogP contribution in [-0.4, -0.2) is 15.5 Å². The zero-order valence-electron chi connectivity index (χ0n) is 10.5. The van der Waals surface area contributed by atoms with Crippen LogP contribution in [0.3, 0.4) is 0 Å². The summed E-state index contributed by atoms with van der Waals surface area (Å²) in [5.41, 5.74) is 1.35. The van der Waals surface area contributed by atoms with Crippen molar-refractivity contribution in [1.82, 2.24) is 0 Å². The highest BCUT2D eigenvalue weighted by Crippen LogP contribution is 2.25. The highest BCUT2D eigenvalue weighted by Gasteiger charge is 2.20. The zero-order valence-corrected chi connectivity index (χ0v) is 12.2. The molecule has 2 rings (SSSR count). The summed E-state index contributed by atoms with van der Waals surface area (Å²) >= 11 is 4.29. The highest BCUT2D eigenvalue weighted by atomic mass is 32.2. The van der Waals surface area contributed by atoms with E-state index in [1.165, 1.54) is 4.31 Å². The highest BCUT2D eigenvalue weighted by molar-refractivity contribution is 7.92. The van der Waals surface area contributed by atoms with Crippen molar-refractivity contribution in [2.24, 2.45) is 0 Å². The molecule has 0 aliphatic heterocycles. The van der Waals surface area contributed by atoms with Gasteiger partial charge in [-0.25, -0.2) is 8.42 Å². The van der Waals surface area contributed by atoms with E-state index in [-0.39, 0.29) is 5.75 Å². The van der Waals surface area contributed by atoms with Crippen LogP contribution in [0.5, 0.6) is 0 Å². The average Bonchev–Trinajstić information content (AvgIpc) is 2.39. The van der Waals surface area contributed by atoms with E-state index >= 15 is 0 Å². The van der Waals surface area contributed by atoms with E-state index in [1.54, 1.807) is 37.4 Å². The summed E-state index contributed by atoms with van der Waals surface area (Å²) in [6.45, 7) is 0. The summed E-state index contributed by atoms with van der Waals surface area (Å²) in [5.74, 6) is -0.0214. The second-order valence-corrected chi connectivity index (χ2v) is 6.68. The van der Waals surface area contributed by atoms with Crippen LogP contribution < -0.4 is 4.31 Å². The molecule has 3 nitrogen and oxygen atoms in total. The molecule has 0 radical (unpaired) electrons. The Bertz CT molecular complexity index is 654. The van der Waals surface area contributed by atoms with Crippen LogP contribution in [-0.2, 0) is 15.8 Å². The molecule has 0 amide bonds. The number of para-hydroxylation sites is 1. The number of thiol groups is 1. The van der Waals surface area contributed by atoms with Crippen LogP contribution in [0.25, 0.3) is 0 Å². The summed E-state index contributed by atoms with van der Waals surface area (Å²) in [7, 11) is -1.86. The fourth-order valence-corrected chi connectivity index (χ4v) is 3.41. The first-order chi connectivity index (χ1) is 9.00. The van der Waals surface area contributed by atoms with Crippen molar-refractivity contribution in [2.75, 3.05) is 11.4 Å². The van der Waals surface area contributed by atoms with Crippen molar-refractivity contribution < 1.29 is 8.42 Å². The van der Waals surface area contributed by atoms with E-state index < -0.39 is 10.0 Å². The lowest BCUT2D eigenvalue weighted by molar-refractivity contribution is 0.593. The molecule has 0 spiro atoms. The van der Waals surface area contributed by atoms with Crippen LogP contribution in [0, 0.1) is 0 Å². The van der Waals surface area contributed by atoms with E-state index in [2.05, 4.69) is 12.6 Å². The minimum atomic E-state index is -3.40. The van der Waals surface area contributed by atoms with Gasteiger partial charge in [-0.05, 0) is 17.7 Å². The van der Waals surface area contributed by atoms with Gasteiger partial charge >= 0.3 is 0 Å². The standard InChI is InChI=1S/C14H15NO2S2/c1-15(13-9-5-6-10-14(13)18)19(16,17)11-12-7-3-2-4-8-12/h2-10,18H,11H2,1H3. The third-order valence-corrected chi connectivity index (χ3v) is 4.94. The van der Waals surface area contributed by atoms with Crippen LogP contribution in [0.2, 0.25) is 0 Å². The molecule has 0 unspecified atom stereocenters. The molecule has 19 heavy (non-hydrogen) atoms. The first-order valence-electron chi connectivity index (χ1n) is 5.79. The Morgan fingerprint density at radius 2 is 1.58 bits per heavy atom. The van der Waals surface area contributed by atoms with E-state index in [1.807, 2.05) is 24.3 Å². The van der Waals surface area contributed by atoms with Crippen LogP contribution in [0.4, 0.5) is 5.69 Å². The summed E-state index contributed by atoms with van der Waals surface area (Å²) in [4.78, 5) is 0.640. The van der Waals surface area contributed by atoms with Crippen molar-refractivity contribution >= 4 is 28.3 Å². The third kappa shape index (κ3) is 3.30. The molecule has 0 saturated heterocycles. The van der Waals surface area contributed by atoms with Gasteiger partial charge in [0.25, 0.3) is 0 Å². The Morgan fingerprint density at radius 1 is 1.00 bits per heavy atom. The van der Waals surface area contributed by atoms with Gasteiger partial charge in [0.1, 0.15) is 0 Å². The van der Waals surface area contributed by atoms with Gasteiger partial charge in [-0.1, -0.05) is 42.5 Å². The maximum absolute atomic E-state index is 12.3. The fraction of sp³-hybridized carbons (Fsp3) is 0.143. The first-order valence-corrected chi connectivity index (χ1v) is 7.85. The normalized spacial score (nSPS) is 11.3. The summed E-state index contributed by atoms with van der Waals surface area (Å²) < 4.78 is 26.0. The second-order valence-electron chi connectivity index (χ2n) is 4.20. The van der Waals surface area contributed by atoms with Gasteiger partial charge in [-0.2, -0.15) is 0 Å². The summed E-state index contributed by atoms with van der Waals surface area (Å²) in [6.07, 6.45) is 0. The molecule has 100 valence electrons.